The number of aryl methyl sites for hydroxylation is 1. The lowest BCUT2D eigenvalue weighted by Crippen LogP contribution is -2.38. The topological polar surface area (TPSA) is 61.4 Å². The van der Waals surface area contributed by atoms with Gasteiger partial charge in [-0.3, -0.25) is 14.5 Å². The fourth-order valence-corrected chi connectivity index (χ4v) is 2.37. The molecule has 0 atom stereocenters. The Labute approximate surface area is 153 Å². The molecule has 25 heavy (non-hydrogen) atoms. The van der Waals surface area contributed by atoms with Crippen LogP contribution in [-0.2, 0) is 16.1 Å². The first kappa shape index (κ1) is 19.0. The number of halogens is 1. The quantitative estimate of drug-likeness (QED) is 0.799. The first-order valence-corrected chi connectivity index (χ1v) is 8.36. The molecule has 0 heterocycles. The van der Waals surface area contributed by atoms with Gasteiger partial charge >= 0.3 is 0 Å². The SMILES string of the molecule is Cc1ccc(NC(=O)CN(C)CC(=O)NCc2ccc(Cl)cc2)cc1. The molecule has 0 aliphatic carbocycles. The third kappa shape index (κ3) is 6.95. The van der Waals surface area contributed by atoms with Gasteiger partial charge in [0.1, 0.15) is 0 Å². The summed E-state index contributed by atoms with van der Waals surface area (Å²) >= 11 is 5.83. The number of likely N-dealkylation sites (N-methyl/N-ethyl adjacent to an activating group) is 1. The van der Waals surface area contributed by atoms with Crippen molar-refractivity contribution in [2.75, 3.05) is 25.5 Å². The Morgan fingerprint density at radius 2 is 1.56 bits per heavy atom. The van der Waals surface area contributed by atoms with Crippen molar-refractivity contribution < 1.29 is 9.59 Å². The Balaban J connectivity index is 1.72. The Morgan fingerprint density at radius 3 is 2.20 bits per heavy atom. The number of rotatable bonds is 7. The number of nitrogens with one attached hydrogen (secondary N) is 2. The molecule has 2 aromatic carbocycles. The first-order chi connectivity index (χ1) is 11.9. The van der Waals surface area contributed by atoms with Gasteiger partial charge in [-0.2, -0.15) is 0 Å². The molecule has 0 fully saturated rings. The molecule has 0 aliphatic rings. The summed E-state index contributed by atoms with van der Waals surface area (Å²) < 4.78 is 0. The molecule has 0 saturated carbocycles. The van der Waals surface area contributed by atoms with Gasteiger partial charge in [0, 0.05) is 17.3 Å². The van der Waals surface area contributed by atoms with Gasteiger partial charge in [0.05, 0.1) is 13.1 Å². The molecular weight excluding hydrogens is 338 g/mol. The van der Waals surface area contributed by atoms with Crippen LogP contribution in [0.1, 0.15) is 11.1 Å². The van der Waals surface area contributed by atoms with Gasteiger partial charge in [0.25, 0.3) is 0 Å². The highest BCUT2D eigenvalue weighted by Gasteiger charge is 2.11. The molecule has 0 saturated heterocycles. The zero-order chi connectivity index (χ0) is 18.2. The van der Waals surface area contributed by atoms with E-state index in [1.165, 1.54) is 0 Å². The molecule has 0 spiro atoms. The van der Waals surface area contributed by atoms with E-state index in [0.717, 1.165) is 16.8 Å². The predicted octanol–water partition coefficient (Wildman–Crippen LogP) is 2.84. The van der Waals surface area contributed by atoms with Crippen molar-refractivity contribution in [3.05, 3.63) is 64.7 Å². The minimum atomic E-state index is -0.156. The molecule has 0 radical (unpaired) electrons. The molecule has 2 N–H and O–H groups in total. The number of hydrogen-bond acceptors (Lipinski definition) is 3. The fraction of sp³-hybridized carbons (Fsp3) is 0.263. The summed E-state index contributed by atoms with van der Waals surface area (Å²) in [6.45, 7) is 2.71. The van der Waals surface area contributed by atoms with Gasteiger partial charge in [0.15, 0.2) is 0 Å². The number of carbonyl (C=O) groups is 2. The summed E-state index contributed by atoms with van der Waals surface area (Å²) in [7, 11) is 1.73. The van der Waals surface area contributed by atoms with Crippen LogP contribution in [0.5, 0.6) is 0 Å². The molecule has 0 bridgehead atoms. The van der Waals surface area contributed by atoms with Crippen LogP contribution in [0.25, 0.3) is 0 Å². The molecule has 132 valence electrons. The summed E-state index contributed by atoms with van der Waals surface area (Å²) in [5.41, 5.74) is 2.85. The minimum Gasteiger partial charge on any atom is -0.351 e. The molecule has 5 nitrogen and oxygen atoms in total. The van der Waals surface area contributed by atoms with Gasteiger partial charge in [-0.05, 0) is 43.8 Å². The maximum absolute atomic E-state index is 12.0. The van der Waals surface area contributed by atoms with E-state index >= 15 is 0 Å². The second-order valence-electron chi connectivity index (χ2n) is 5.99. The van der Waals surface area contributed by atoms with E-state index in [0.29, 0.717) is 11.6 Å². The summed E-state index contributed by atoms with van der Waals surface area (Å²) in [5.74, 6) is -0.294. The molecule has 0 aromatic heterocycles. The van der Waals surface area contributed by atoms with Gasteiger partial charge in [-0.25, -0.2) is 0 Å². The van der Waals surface area contributed by atoms with Crippen molar-refractivity contribution in [2.45, 2.75) is 13.5 Å². The van der Waals surface area contributed by atoms with E-state index in [-0.39, 0.29) is 24.9 Å². The molecule has 2 amide bonds. The molecule has 2 aromatic rings. The van der Waals surface area contributed by atoms with Crippen LogP contribution in [0, 0.1) is 6.92 Å². The zero-order valence-corrected chi connectivity index (χ0v) is 15.1. The van der Waals surface area contributed by atoms with Crippen molar-refractivity contribution in [3.8, 4) is 0 Å². The number of carbonyl (C=O) groups excluding carboxylic acids is 2. The van der Waals surface area contributed by atoms with Crippen LogP contribution < -0.4 is 10.6 Å². The molecule has 2 rings (SSSR count). The Morgan fingerprint density at radius 1 is 0.960 bits per heavy atom. The van der Waals surface area contributed by atoms with Gasteiger partial charge in [-0.1, -0.05) is 41.4 Å². The number of benzene rings is 2. The third-order valence-electron chi connectivity index (χ3n) is 3.57. The number of hydrogen-bond donors (Lipinski definition) is 2. The lowest BCUT2D eigenvalue weighted by atomic mass is 10.2. The summed E-state index contributed by atoms with van der Waals surface area (Å²) in [6, 6.07) is 14.9. The molecule has 0 unspecified atom stereocenters. The summed E-state index contributed by atoms with van der Waals surface area (Å²) in [6.07, 6.45) is 0. The first-order valence-electron chi connectivity index (χ1n) is 7.98. The van der Waals surface area contributed by atoms with E-state index in [2.05, 4.69) is 10.6 Å². The Bertz CT molecular complexity index is 714. The summed E-state index contributed by atoms with van der Waals surface area (Å²) in [4.78, 5) is 25.6. The van der Waals surface area contributed by atoms with Crippen LogP contribution >= 0.6 is 11.6 Å². The summed E-state index contributed by atoms with van der Waals surface area (Å²) in [5, 5.41) is 6.30. The maximum Gasteiger partial charge on any atom is 0.238 e. The van der Waals surface area contributed by atoms with E-state index in [1.807, 2.05) is 43.3 Å². The highest BCUT2D eigenvalue weighted by atomic mass is 35.5. The zero-order valence-electron chi connectivity index (χ0n) is 14.4. The van der Waals surface area contributed by atoms with E-state index < -0.39 is 0 Å². The van der Waals surface area contributed by atoms with E-state index in [1.54, 1.807) is 24.1 Å². The largest absolute Gasteiger partial charge is 0.351 e. The second-order valence-corrected chi connectivity index (χ2v) is 6.43. The Hall–Kier alpha value is -2.37. The minimum absolute atomic E-state index is 0.138. The Kier molecular flexibility index (Phi) is 6.98. The van der Waals surface area contributed by atoms with Crippen LogP contribution in [0.3, 0.4) is 0 Å². The van der Waals surface area contributed by atoms with Crippen LogP contribution in [0.2, 0.25) is 5.02 Å². The van der Waals surface area contributed by atoms with Crippen molar-refractivity contribution in [1.29, 1.82) is 0 Å². The molecule has 0 aliphatic heterocycles. The smallest absolute Gasteiger partial charge is 0.238 e. The van der Waals surface area contributed by atoms with Crippen LogP contribution in [0.15, 0.2) is 48.5 Å². The van der Waals surface area contributed by atoms with Crippen LogP contribution in [0.4, 0.5) is 5.69 Å². The van der Waals surface area contributed by atoms with Gasteiger partial charge in [0.2, 0.25) is 11.8 Å². The van der Waals surface area contributed by atoms with Gasteiger partial charge in [-0.15, -0.1) is 0 Å². The maximum atomic E-state index is 12.0. The van der Waals surface area contributed by atoms with E-state index in [4.69, 9.17) is 11.6 Å². The highest BCUT2D eigenvalue weighted by molar-refractivity contribution is 6.30. The van der Waals surface area contributed by atoms with Gasteiger partial charge < -0.3 is 10.6 Å². The number of anilines is 1. The predicted molar refractivity (Wildman–Crippen MR) is 101 cm³/mol. The second kappa shape index (κ2) is 9.20. The lowest BCUT2D eigenvalue weighted by Gasteiger charge is -2.16. The van der Waals surface area contributed by atoms with E-state index in [9.17, 15) is 9.59 Å². The lowest BCUT2D eigenvalue weighted by molar-refractivity contribution is -0.123. The average Bonchev–Trinajstić information content (AvgIpc) is 2.56. The normalized spacial score (nSPS) is 10.6. The standard InChI is InChI=1S/C19H22ClN3O2/c1-14-3-9-17(10-4-14)22-19(25)13-23(2)12-18(24)21-11-15-5-7-16(20)8-6-15/h3-10H,11-13H2,1-2H3,(H,21,24)(H,22,25). The van der Waals surface area contributed by atoms with Crippen molar-refractivity contribution in [1.82, 2.24) is 10.2 Å². The third-order valence-corrected chi connectivity index (χ3v) is 3.82. The van der Waals surface area contributed by atoms with Crippen molar-refractivity contribution >= 4 is 29.1 Å². The number of amides is 2. The molecule has 6 heteroatoms. The van der Waals surface area contributed by atoms with Crippen molar-refractivity contribution in [2.24, 2.45) is 0 Å². The highest BCUT2D eigenvalue weighted by Crippen LogP contribution is 2.09. The fourth-order valence-electron chi connectivity index (χ4n) is 2.24. The average molecular weight is 360 g/mol. The number of nitrogens with zero attached hydrogens (tertiary/aromatic N) is 1. The van der Waals surface area contributed by atoms with Crippen LogP contribution in [-0.4, -0.2) is 36.9 Å². The monoisotopic (exact) mass is 359 g/mol. The molecular formula is C19H22ClN3O2. The van der Waals surface area contributed by atoms with Crippen molar-refractivity contribution in [3.63, 3.8) is 0 Å².